The molecule has 0 saturated heterocycles. The van der Waals surface area contributed by atoms with Crippen molar-refractivity contribution in [2.45, 2.75) is 0 Å². The molecule has 7 aromatic carbocycles. The largest absolute Gasteiger partial charge is 0.320 e. The highest BCUT2D eigenvalue weighted by Crippen LogP contribution is 2.53. The van der Waals surface area contributed by atoms with Crippen molar-refractivity contribution in [3.63, 3.8) is 0 Å². The Kier molecular flexibility index (Phi) is 4.72. The maximum absolute atomic E-state index is 2.61. The molecule has 230 valence electrons. The summed E-state index contributed by atoms with van der Waals surface area (Å²) in [7, 11) is 0. The molecular formula is C44H24BN3S2. The lowest BCUT2D eigenvalue weighted by atomic mass is 9.36. The molecule has 0 saturated carbocycles. The molecule has 3 nitrogen and oxygen atoms in total. The summed E-state index contributed by atoms with van der Waals surface area (Å²) < 4.78 is 7.87. The van der Waals surface area contributed by atoms with Gasteiger partial charge in [-0.15, -0.1) is 22.7 Å². The fourth-order valence-electron chi connectivity index (χ4n) is 9.52. The van der Waals surface area contributed by atoms with Gasteiger partial charge in [-0.1, -0.05) is 78.9 Å². The van der Waals surface area contributed by atoms with Crippen molar-refractivity contribution in [3.8, 4) is 5.69 Å². The van der Waals surface area contributed by atoms with Crippen molar-refractivity contribution >= 4 is 131 Å². The molecule has 3 aliphatic rings. The van der Waals surface area contributed by atoms with Crippen LogP contribution in [0.15, 0.2) is 146 Å². The Bertz CT molecular complexity index is 3150. The molecule has 10 aromatic rings. The van der Waals surface area contributed by atoms with Crippen molar-refractivity contribution < 1.29 is 0 Å². The van der Waals surface area contributed by atoms with E-state index in [-0.39, 0.29) is 6.71 Å². The first-order valence-electron chi connectivity index (χ1n) is 17.2. The summed E-state index contributed by atoms with van der Waals surface area (Å²) in [4.78, 5) is 5.19. The van der Waals surface area contributed by atoms with E-state index in [0.29, 0.717) is 0 Å². The van der Waals surface area contributed by atoms with Crippen LogP contribution >= 0.6 is 22.7 Å². The van der Waals surface area contributed by atoms with Gasteiger partial charge < -0.3 is 14.4 Å². The van der Waals surface area contributed by atoms with Gasteiger partial charge in [0.25, 0.3) is 6.71 Å². The third-order valence-electron chi connectivity index (χ3n) is 11.3. The van der Waals surface area contributed by atoms with Crippen LogP contribution in [0.1, 0.15) is 0 Å². The third kappa shape index (κ3) is 2.97. The van der Waals surface area contributed by atoms with Crippen LogP contribution in [0.3, 0.4) is 0 Å². The molecule has 0 N–H and O–H groups in total. The molecule has 0 spiro atoms. The van der Waals surface area contributed by atoms with Crippen LogP contribution in [0, 0.1) is 0 Å². The SMILES string of the molecule is c1cc2c3c(c1)N(c1cccc4sc5ccccc5c14)c1c4n(c5ccccc15)-c1cccc(c1B34)N2c1cccc2sc3ccccc3c12. The van der Waals surface area contributed by atoms with Crippen molar-refractivity contribution in [3.05, 3.63) is 146 Å². The Hall–Kier alpha value is -5.82. The Balaban J connectivity index is 1.21. The predicted octanol–water partition coefficient (Wildman–Crippen LogP) is 10.8. The van der Waals surface area contributed by atoms with Gasteiger partial charge >= 0.3 is 0 Å². The molecule has 50 heavy (non-hydrogen) atoms. The fraction of sp³-hybridized carbons (Fsp3) is 0. The first-order valence-corrected chi connectivity index (χ1v) is 18.8. The minimum absolute atomic E-state index is 0.138. The van der Waals surface area contributed by atoms with Gasteiger partial charge in [0, 0.05) is 74.1 Å². The topological polar surface area (TPSA) is 11.4 Å². The van der Waals surface area contributed by atoms with Crippen molar-refractivity contribution in [1.29, 1.82) is 0 Å². The van der Waals surface area contributed by atoms with Gasteiger partial charge in [-0.2, -0.15) is 0 Å². The highest BCUT2D eigenvalue weighted by Gasteiger charge is 2.51. The molecule has 0 radical (unpaired) electrons. The van der Waals surface area contributed by atoms with E-state index in [9.17, 15) is 0 Å². The van der Waals surface area contributed by atoms with Gasteiger partial charge in [-0.25, -0.2) is 0 Å². The van der Waals surface area contributed by atoms with Crippen LogP contribution in [0.4, 0.5) is 34.1 Å². The summed E-state index contributed by atoms with van der Waals surface area (Å²) in [6.07, 6.45) is 0. The average molecular weight is 670 g/mol. The Morgan fingerprint density at radius 2 is 0.840 bits per heavy atom. The van der Waals surface area contributed by atoms with Crippen LogP contribution in [0.5, 0.6) is 0 Å². The highest BCUT2D eigenvalue weighted by atomic mass is 32.1. The standard InChI is InChI=1S/C44H24BN3S2/c1-4-14-28-25(11-1)43-44-45-41-31(17-7-19-33(41)47(43)30-16-10-24-38-40(30)27-13-3-6-22-36(27)50-38)46(32-18-8-20-34(42(32)45)48(28)44)29-15-9-23-37-39(29)26-12-2-5-21-35(26)49-37/h1-24H. The molecule has 0 bridgehead atoms. The zero-order valence-corrected chi connectivity index (χ0v) is 28.2. The molecule has 13 rings (SSSR count). The first kappa shape index (κ1) is 26.1. The number of nitrogens with zero attached hydrogens (tertiary/aromatic N) is 3. The van der Waals surface area contributed by atoms with Crippen molar-refractivity contribution in [2.24, 2.45) is 0 Å². The quantitative estimate of drug-likeness (QED) is 0.170. The number of rotatable bonds is 2. The van der Waals surface area contributed by atoms with E-state index >= 15 is 0 Å². The van der Waals surface area contributed by atoms with Crippen molar-refractivity contribution in [1.82, 2.24) is 4.57 Å². The molecular weight excluding hydrogens is 645 g/mol. The van der Waals surface area contributed by atoms with Gasteiger partial charge in [0.2, 0.25) is 0 Å². The first-order chi connectivity index (χ1) is 24.8. The van der Waals surface area contributed by atoms with Crippen LogP contribution in [-0.2, 0) is 0 Å². The molecule has 3 aliphatic heterocycles. The number of benzene rings is 7. The summed E-state index contributed by atoms with van der Waals surface area (Å²) >= 11 is 3.77. The lowest BCUT2D eigenvalue weighted by Gasteiger charge is -2.42. The van der Waals surface area contributed by atoms with Crippen LogP contribution in [-0.4, -0.2) is 11.3 Å². The van der Waals surface area contributed by atoms with E-state index in [1.54, 1.807) is 0 Å². The van der Waals surface area contributed by atoms with Gasteiger partial charge in [-0.05, 0) is 77.7 Å². The number of hydrogen-bond donors (Lipinski definition) is 0. The Morgan fingerprint density at radius 3 is 1.50 bits per heavy atom. The zero-order valence-electron chi connectivity index (χ0n) is 26.6. The highest BCUT2D eigenvalue weighted by molar-refractivity contribution is 7.26. The summed E-state index contributed by atoms with van der Waals surface area (Å²) in [6, 6.07) is 54.5. The average Bonchev–Trinajstić information content (AvgIpc) is 3.92. The Labute approximate surface area is 295 Å². The predicted molar refractivity (Wildman–Crippen MR) is 217 cm³/mol. The number of thiophene rings is 2. The van der Waals surface area contributed by atoms with Gasteiger partial charge in [-0.3, -0.25) is 0 Å². The van der Waals surface area contributed by atoms with E-state index in [2.05, 4.69) is 160 Å². The monoisotopic (exact) mass is 669 g/mol. The zero-order chi connectivity index (χ0) is 32.2. The van der Waals surface area contributed by atoms with E-state index in [4.69, 9.17) is 0 Å². The van der Waals surface area contributed by atoms with Crippen LogP contribution < -0.4 is 26.3 Å². The molecule has 0 amide bonds. The second-order valence-electron chi connectivity index (χ2n) is 13.6. The number of hydrogen-bond acceptors (Lipinski definition) is 4. The number of fused-ring (bicyclic) bond motifs is 10. The molecule has 3 aromatic heterocycles. The summed E-state index contributed by atoms with van der Waals surface area (Å²) in [5.41, 5.74) is 14.3. The Morgan fingerprint density at radius 1 is 0.380 bits per heavy atom. The van der Waals surface area contributed by atoms with Crippen LogP contribution in [0.25, 0.3) is 56.9 Å². The van der Waals surface area contributed by atoms with E-state index < -0.39 is 0 Å². The third-order valence-corrected chi connectivity index (χ3v) is 13.6. The minimum Gasteiger partial charge on any atom is -0.320 e. The van der Waals surface area contributed by atoms with E-state index in [1.807, 2.05) is 22.7 Å². The molecule has 0 unspecified atom stereocenters. The normalized spacial score (nSPS) is 13.9. The number of aromatic nitrogens is 1. The molecule has 6 heterocycles. The molecule has 0 aliphatic carbocycles. The lowest BCUT2D eigenvalue weighted by Crippen LogP contribution is -2.59. The molecule has 6 heteroatoms. The van der Waals surface area contributed by atoms with E-state index in [1.165, 1.54) is 108 Å². The lowest BCUT2D eigenvalue weighted by molar-refractivity contribution is 1.19. The van der Waals surface area contributed by atoms with Gasteiger partial charge in [0.1, 0.15) is 0 Å². The number of anilines is 6. The van der Waals surface area contributed by atoms with Gasteiger partial charge in [0.15, 0.2) is 0 Å². The number of para-hydroxylation sites is 1. The van der Waals surface area contributed by atoms with Gasteiger partial charge in [0.05, 0.1) is 22.6 Å². The van der Waals surface area contributed by atoms with Crippen LogP contribution in [0.2, 0.25) is 0 Å². The summed E-state index contributed by atoms with van der Waals surface area (Å²) in [6.45, 7) is 0.138. The fourth-order valence-corrected chi connectivity index (χ4v) is 11.8. The van der Waals surface area contributed by atoms with E-state index in [0.717, 1.165) is 0 Å². The summed E-state index contributed by atoms with van der Waals surface area (Å²) in [5.74, 6) is 0. The second kappa shape index (κ2) is 9.04. The molecule has 0 atom stereocenters. The van der Waals surface area contributed by atoms with Crippen molar-refractivity contribution in [2.75, 3.05) is 9.80 Å². The maximum Gasteiger partial charge on any atom is 0.275 e. The maximum atomic E-state index is 2.61. The minimum atomic E-state index is 0.138. The molecule has 0 fully saturated rings. The smallest absolute Gasteiger partial charge is 0.275 e. The second-order valence-corrected chi connectivity index (χ2v) is 15.8. The summed E-state index contributed by atoms with van der Waals surface area (Å²) in [5, 5.41) is 6.58.